The Bertz CT molecular complexity index is 1230. The molecule has 1 unspecified atom stereocenters. The first-order chi connectivity index (χ1) is 14.2. The van der Waals surface area contributed by atoms with Crippen molar-refractivity contribution in [3.63, 3.8) is 0 Å². The first kappa shape index (κ1) is 20.7. The smallest absolute Gasteiger partial charge is 0.274 e. The number of rotatable bonds is 5. The summed E-state index contributed by atoms with van der Waals surface area (Å²) in [5, 5.41) is 0.791. The molecule has 1 saturated carbocycles. The molecule has 1 aliphatic rings. The lowest BCUT2D eigenvalue weighted by Gasteiger charge is -2.26. The van der Waals surface area contributed by atoms with Gasteiger partial charge in [-0.05, 0) is 48.9 Å². The van der Waals surface area contributed by atoms with Crippen molar-refractivity contribution in [2.24, 2.45) is 18.9 Å². The standard InChI is InChI=1S/C23H29N3O3S/c1-15-4-6-16(7-5-15)14-29-21-9-8-17(30(3,24)28)12-19(21)20-13-26(2)23(27)22-18(20)10-11-25-22/h8-13,15-16,24-25H,4-7,14H2,1-3H3. The maximum Gasteiger partial charge on any atom is 0.274 e. The Morgan fingerprint density at radius 3 is 2.63 bits per heavy atom. The van der Waals surface area contributed by atoms with Crippen molar-refractivity contribution in [2.45, 2.75) is 37.5 Å². The molecule has 4 rings (SSSR count). The second-order valence-corrected chi connectivity index (χ2v) is 10.8. The highest BCUT2D eigenvalue weighted by molar-refractivity contribution is 7.91. The number of hydrogen-bond acceptors (Lipinski definition) is 4. The van der Waals surface area contributed by atoms with E-state index >= 15 is 0 Å². The molecule has 1 aliphatic carbocycles. The summed E-state index contributed by atoms with van der Waals surface area (Å²) in [5.41, 5.74) is 2.01. The number of aryl methyl sites for hydroxylation is 1. The summed E-state index contributed by atoms with van der Waals surface area (Å²) < 4.78 is 28.3. The Morgan fingerprint density at radius 1 is 1.20 bits per heavy atom. The summed E-state index contributed by atoms with van der Waals surface area (Å²) in [6.07, 6.45) is 9.77. The highest BCUT2D eigenvalue weighted by atomic mass is 32.2. The van der Waals surface area contributed by atoms with Crippen LogP contribution in [0.2, 0.25) is 0 Å². The second kappa shape index (κ2) is 7.95. The van der Waals surface area contributed by atoms with Crippen LogP contribution in [0.4, 0.5) is 0 Å². The average Bonchev–Trinajstić information content (AvgIpc) is 3.20. The summed E-state index contributed by atoms with van der Waals surface area (Å²) in [6, 6.07) is 7.18. The molecular formula is C23H29N3O3S. The lowest BCUT2D eigenvalue weighted by Crippen LogP contribution is -2.19. The van der Waals surface area contributed by atoms with Crippen LogP contribution >= 0.6 is 0 Å². The van der Waals surface area contributed by atoms with Gasteiger partial charge in [-0.2, -0.15) is 0 Å². The van der Waals surface area contributed by atoms with Crippen molar-refractivity contribution in [1.29, 1.82) is 4.78 Å². The fraction of sp³-hybridized carbons (Fsp3) is 0.435. The monoisotopic (exact) mass is 427 g/mol. The fourth-order valence-corrected chi connectivity index (χ4v) is 4.95. The molecule has 0 aliphatic heterocycles. The molecule has 30 heavy (non-hydrogen) atoms. The first-order valence-electron chi connectivity index (χ1n) is 10.4. The van der Waals surface area contributed by atoms with Gasteiger partial charge in [-0.25, -0.2) is 8.99 Å². The zero-order valence-corrected chi connectivity index (χ0v) is 18.6. The molecule has 2 heterocycles. The van der Waals surface area contributed by atoms with Crippen LogP contribution in [0.15, 0.2) is 46.3 Å². The zero-order valence-electron chi connectivity index (χ0n) is 17.7. The summed E-state index contributed by atoms with van der Waals surface area (Å²) in [5.74, 6) is 2.02. The molecule has 0 spiro atoms. The number of nitrogens with one attached hydrogen (secondary N) is 2. The van der Waals surface area contributed by atoms with Crippen molar-refractivity contribution in [1.82, 2.24) is 9.55 Å². The van der Waals surface area contributed by atoms with Gasteiger partial charge in [0, 0.05) is 47.1 Å². The molecule has 0 amide bonds. The molecule has 1 aromatic carbocycles. The van der Waals surface area contributed by atoms with Gasteiger partial charge in [0.1, 0.15) is 11.3 Å². The molecule has 0 bridgehead atoms. The van der Waals surface area contributed by atoms with Gasteiger partial charge in [0.05, 0.1) is 16.3 Å². The highest BCUT2D eigenvalue weighted by Gasteiger charge is 2.21. The van der Waals surface area contributed by atoms with Gasteiger partial charge < -0.3 is 14.3 Å². The number of nitrogens with zero attached hydrogens (tertiary/aromatic N) is 1. The Kier molecular flexibility index (Phi) is 5.49. The van der Waals surface area contributed by atoms with Gasteiger partial charge >= 0.3 is 0 Å². The van der Waals surface area contributed by atoms with Crippen molar-refractivity contribution >= 4 is 20.6 Å². The second-order valence-electron chi connectivity index (χ2n) is 8.66. The maximum atomic E-state index is 12.5. The van der Waals surface area contributed by atoms with E-state index in [0.717, 1.165) is 22.4 Å². The predicted octanol–water partition coefficient (Wildman–Crippen LogP) is 4.77. The van der Waals surface area contributed by atoms with Crippen LogP contribution in [0.3, 0.4) is 0 Å². The molecule has 1 fully saturated rings. The number of benzene rings is 1. The van der Waals surface area contributed by atoms with Crippen molar-refractivity contribution in [3.8, 4) is 16.9 Å². The molecule has 2 N–H and O–H groups in total. The Morgan fingerprint density at radius 2 is 1.93 bits per heavy atom. The molecule has 7 heteroatoms. The van der Waals surface area contributed by atoms with E-state index in [1.807, 2.05) is 12.1 Å². The van der Waals surface area contributed by atoms with Crippen LogP contribution in [0.5, 0.6) is 5.75 Å². The third-order valence-corrected chi connectivity index (χ3v) is 7.35. The van der Waals surface area contributed by atoms with E-state index < -0.39 is 9.73 Å². The van der Waals surface area contributed by atoms with Gasteiger partial charge in [0.15, 0.2) is 0 Å². The minimum Gasteiger partial charge on any atom is -0.493 e. The molecule has 160 valence electrons. The maximum absolute atomic E-state index is 12.5. The zero-order chi connectivity index (χ0) is 21.5. The summed E-state index contributed by atoms with van der Waals surface area (Å²) in [4.78, 5) is 15.9. The Labute approximate surface area is 177 Å². The minimum absolute atomic E-state index is 0.103. The third-order valence-electron chi connectivity index (χ3n) is 6.20. The average molecular weight is 428 g/mol. The van der Waals surface area contributed by atoms with Crippen LogP contribution in [0, 0.1) is 16.6 Å². The predicted molar refractivity (Wildman–Crippen MR) is 121 cm³/mol. The fourth-order valence-electron chi connectivity index (χ4n) is 4.27. The van der Waals surface area contributed by atoms with E-state index in [4.69, 9.17) is 9.52 Å². The SMILES string of the molecule is CC1CCC(COc2ccc(S(C)(=N)=O)cc2-c2cn(C)c(=O)c3[nH]ccc23)CC1. The minimum atomic E-state index is -2.88. The lowest BCUT2D eigenvalue weighted by molar-refractivity contribution is 0.188. The van der Waals surface area contributed by atoms with Gasteiger partial charge in [-0.15, -0.1) is 0 Å². The van der Waals surface area contributed by atoms with E-state index in [9.17, 15) is 9.00 Å². The van der Waals surface area contributed by atoms with E-state index in [1.54, 1.807) is 31.6 Å². The van der Waals surface area contributed by atoms with Crippen LogP contribution in [0.25, 0.3) is 22.0 Å². The third kappa shape index (κ3) is 4.03. The summed E-state index contributed by atoms with van der Waals surface area (Å²) in [7, 11) is -1.17. The first-order valence-corrected chi connectivity index (χ1v) is 12.4. The Balaban J connectivity index is 1.78. The molecule has 0 saturated heterocycles. The number of aromatic nitrogens is 2. The van der Waals surface area contributed by atoms with E-state index in [0.29, 0.717) is 28.7 Å². The number of pyridine rings is 1. The largest absolute Gasteiger partial charge is 0.493 e. The molecule has 1 atom stereocenters. The summed E-state index contributed by atoms with van der Waals surface area (Å²) >= 11 is 0. The van der Waals surface area contributed by atoms with Crippen LogP contribution < -0.4 is 10.3 Å². The van der Waals surface area contributed by atoms with Crippen LogP contribution in [0.1, 0.15) is 32.6 Å². The van der Waals surface area contributed by atoms with Gasteiger partial charge in [0.2, 0.25) is 0 Å². The van der Waals surface area contributed by atoms with Gasteiger partial charge in [-0.1, -0.05) is 19.8 Å². The molecule has 3 aromatic rings. The topological polar surface area (TPSA) is 87.9 Å². The van der Waals surface area contributed by atoms with Crippen molar-refractivity contribution < 1.29 is 8.95 Å². The van der Waals surface area contributed by atoms with E-state index in [-0.39, 0.29) is 5.56 Å². The molecular weight excluding hydrogens is 398 g/mol. The lowest BCUT2D eigenvalue weighted by atomic mass is 9.83. The normalized spacial score (nSPS) is 21.4. The van der Waals surface area contributed by atoms with E-state index in [2.05, 4.69) is 11.9 Å². The number of H-pyrrole nitrogens is 1. The number of aromatic amines is 1. The van der Waals surface area contributed by atoms with Crippen LogP contribution in [-0.4, -0.2) is 26.6 Å². The quantitative estimate of drug-likeness (QED) is 0.614. The molecule has 2 aromatic heterocycles. The summed E-state index contributed by atoms with van der Waals surface area (Å²) in [6.45, 7) is 2.95. The van der Waals surface area contributed by atoms with Crippen LogP contribution in [-0.2, 0) is 16.8 Å². The number of hydrogen-bond donors (Lipinski definition) is 2. The van der Waals surface area contributed by atoms with Gasteiger partial charge in [0.25, 0.3) is 5.56 Å². The number of ether oxygens (including phenoxy) is 1. The Hall–Kier alpha value is -2.54. The molecule has 0 radical (unpaired) electrons. The number of fused-ring (bicyclic) bond motifs is 1. The van der Waals surface area contributed by atoms with Crippen molar-refractivity contribution in [3.05, 3.63) is 47.0 Å². The van der Waals surface area contributed by atoms with Crippen molar-refractivity contribution in [2.75, 3.05) is 12.9 Å². The molecule has 6 nitrogen and oxygen atoms in total. The van der Waals surface area contributed by atoms with E-state index in [1.165, 1.54) is 36.5 Å². The highest BCUT2D eigenvalue weighted by Crippen LogP contribution is 2.37. The van der Waals surface area contributed by atoms with Gasteiger partial charge in [-0.3, -0.25) is 4.79 Å².